The lowest BCUT2D eigenvalue weighted by Gasteiger charge is -2.44. The smallest absolute Gasteiger partial charge is 0.411 e. The van der Waals surface area contributed by atoms with Crippen molar-refractivity contribution in [1.82, 2.24) is 4.90 Å². The van der Waals surface area contributed by atoms with Crippen LogP contribution >= 0.6 is 22.6 Å². The van der Waals surface area contributed by atoms with Crippen molar-refractivity contribution < 1.29 is 19.1 Å². The van der Waals surface area contributed by atoms with E-state index < -0.39 is 24.3 Å². The molecule has 4 rings (SSSR count). The Morgan fingerprint density at radius 1 is 0.829 bits per heavy atom. The number of hydrogen-bond donors (Lipinski definition) is 0. The molecule has 0 N–H and O–H groups in total. The van der Waals surface area contributed by atoms with E-state index in [1.807, 2.05) is 91.0 Å². The molecule has 35 heavy (non-hydrogen) atoms. The first kappa shape index (κ1) is 25.2. The van der Waals surface area contributed by atoms with E-state index in [2.05, 4.69) is 22.6 Å². The summed E-state index contributed by atoms with van der Waals surface area (Å²) in [5.74, 6) is -0.378. The third-order valence-corrected chi connectivity index (χ3v) is 7.00. The normalized spacial score (nSPS) is 19.7. The molecule has 1 fully saturated rings. The van der Waals surface area contributed by atoms with Gasteiger partial charge in [-0.15, -0.1) is 0 Å². The summed E-state index contributed by atoms with van der Waals surface area (Å²) in [5, 5.41) is 0. The second-order valence-corrected chi connectivity index (χ2v) is 9.70. The second kappa shape index (κ2) is 12.7. The maximum atomic E-state index is 13.7. The molecule has 5 nitrogen and oxygen atoms in total. The SMILES string of the molecule is O=C1O[C@H](c2ccccc2)[C@H](c2ccccc2)N(C(=O)OCc2ccccc2)[C@H]1CCCCCI. The topological polar surface area (TPSA) is 55.8 Å². The van der Waals surface area contributed by atoms with Crippen LogP contribution in [0.1, 0.15) is 54.5 Å². The second-order valence-electron chi connectivity index (χ2n) is 8.63. The zero-order chi connectivity index (χ0) is 24.5. The van der Waals surface area contributed by atoms with Crippen LogP contribution in [0.4, 0.5) is 4.79 Å². The molecule has 1 saturated heterocycles. The number of halogens is 1. The lowest BCUT2D eigenvalue weighted by molar-refractivity contribution is -0.173. The van der Waals surface area contributed by atoms with Gasteiger partial charge < -0.3 is 9.47 Å². The molecular weight excluding hydrogens is 553 g/mol. The molecule has 0 unspecified atom stereocenters. The van der Waals surface area contributed by atoms with Gasteiger partial charge in [-0.1, -0.05) is 126 Å². The zero-order valence-electron chi connectivity index (χ0n) is 19.6. The van der Waals surface area contributed by atoms with Crippen molar-refractivity contribution >= 4 is 34.7 Å². The van der Waals surface area contributed by atoms with Gasteiger partial charge in [-0.05, 0) is 34.0 Å². The molecule has 1 amide bonds. The number of morpholine rings is 1. The summed E-state index contributed by atoms with van der Waals surface area (Å²) < 4.78 is 12.9. The molecule has 182 valence electrons. The average Bonchev–Trinajstić information content (AvgIpc) is 2.91. The Morgan fingerprint density at radius 3 is 2.06 bits per heavy atom. The highest BCUT2D eigenvalue weighted by Crippen LogP contribution is 2.43. The van der Waals surface area contributed by atoms with Crippen molar-refractivity contribution in [3.8, 4) is 0 Å². The molecule has 0 radical (unpaired) electrons. The van der Waals surface area contributed by atoms with E-state index in [0.717, 1.165) is 40.4 Å². The third kappa shape index (κ3) is 6.42. The lowest BCUT2D eigenvalue weighted by Crippen LogP contribution is -2.54. The Labute approximate surface area is 220 Å². The molecule has 0 aliphatic carbocycles. The summed E-state index contributed by atoms with van der Waals surface area (Å²) in [7, 11) is 0. The monoisotopic (exact) mass is 583 g/mol. The summed E-state index contributed by atoms with van der Waals surface area (Å²) in [6, 6.07) is 27.8. The summed E-state index contributed by atoms with van der Waals surface area (Å²) in [6.07, 6.45) is 2.33. The van der Waals surface area contributed by atoms with Crippen LogP contribution in [-0.4, -0.2) is 27.4 Å². The average molecular weight is 583 g/mol. The molecule has 1 aliphatic rings. The minimum atomic E-state index is -0.697. The number of rotatable bonds is 9. The van der Waals surface area contributed by atoms with Gasteiger partial charge in [0.2, 0.25) is 0 Å². The van der Waals surface area contributed by atoms with Gasteiger partial charge in [-0.3, -0.25) is 4.90 Å². The fourth-order valence-corrected chi connectivity index (χ4v) is 5.04. The van der Waals surface area contributed by atoms with Crippen LogP contribution in [0.3, 0.4) is 0 Å². The van der Waals surface area contributed by atoms with E-state index in [0.29, 0.717) is 6.42 Å². The molecule has 1 heterocycles. The number of alkyl halides is 1. The van der Waals surface area contributed by atoms with E-state index >= 15 is 0 Å². The van der Waals surface area contributed by atoms with Crippen molar-refractivity contribution in [2.75, 3.05) is 4.43 Å². The Morgan fingerprint density at radius 2 is 1.43 bits per heavy atom. The minimum Gasteiger partial charge on any atom is -0.453 e. The first-order valence-corrected chi connectivity index (χ1v) is 13.6. The van der Waals surface area contributed by atoms with Gasteiger partial charge in [0, 0.05) is 0 Å². The van der Waals surface area contributed by atoms with Crippen LogP contribution in [0.2, 0.25) is 0 Å². The van der Waals surface area contributed by atoms with Crippen LogP contribution in [0.15, 0.2) is 91.0 Å². The molecule has 0 bridgehead atoms. The van der Waals surface area contributed by atoms with Crippen LogP contribution in [-0.2, 0) is 20.9 Å². The Kier molecular flexibility index (Phi) is 9.17. The number of unbranched alkanes of at least 4 members (excludes halogenated alkanes) is 2. The van der Waals surface area contributed by atoms with Gasteiger partial charge in [0.05, 0.1) is 0 Å². The van der Waals surface area contributed by atoms with E-state index in [4.69, 9.17) is 9.47 Å². The Balaban J connectivity index is 1.69. The van der Waals surface area contributed by atoms with Crippen molar-refractivity contribution in [2.24, 2.45) is 0 Å². The summed E-state index contributed by atoms with van der Waals surface area (Å²) in [5.41, 5.74) is 2.65. The van der Waals surface area contributed by atoms with Gasteiger partial charge in [0.15, 0.2) is 6.10 Å². The zero-order valence-corrected chi connectivity index (χ0v) is 21.8. The number of cyclic esters (lactones) is 1. The quantitative estimate of drug-likeness (QED) is 0.118. The Hall–Kier alpha value is -2.87. The minimum absolute atomic E-state index is 0.143. The molecule has 3 aromatic rings. The number of benzene rings is 3. The van der Waals surface area contributed by atoms with Crippen molar-refractivity contribution in [1.29, 1.82) is 0 Å². The molecule has 1 aliphatic heterocycles. The molecule has 3 aromatic carbocycles. The fourth-order valence-electron chi connectivity index (χ4n) is 4.50. The maximum Gasteiger partial charge on any atom is 0.411 e. The van der Waals surface area contributed by atoms with Crippen molar-refractivity contribution in [3.05, 3.63) is 108 Å². The first-order valence-electron chi connectivity index (χ1n) is 12.0. The number of carbonyl (C=O) groups is 2. The molecular formula is C29H30INO4. The molecule has 0 saturated carbocycles. The number of nitrogens with zero attached hydrogens (tertiary/aromatic N) is 1. The van der Waals surface area contributed by atoms with Gasteiger partial charge in [0.1, 0.15) is 18.7 Å². The molecule has 3 atom stereocenters. The summed E-state index contributed by atoms with van der Waals surface area (Å²) in [4.78, 5) is 28.6. The van der Waals surface area contributed by atoms with E-state index in [-0.39, 0.29) is 12.6 Å². The van der Waals surface area contributed by atoms with Gasteiger partial charge in [-0.2, -0.15) is 0 Å². The highest BCUT2D eigenvalue weighted by atomic mass is 127. The predicted molar refractivity (Wildman–Crippen MR) is 144 cm³/mol. The number of esters is 1. The number of carbonyl (C=O) groups excluding carboxylic acids is 2. The van der Waals surface area contributed by atoms with Crippen LogP contribution in [0.25, 0.3) is 0 Å². The lowest BCUT2D eigenvalue weighted by atomic mass is 9.90. The van der Waals surface area contributed by atoms with Gasteiger partial charge in [0.25, 0.3) is 0 Å². The third-order valence-electron chi connectivity index (χ3n) is 6.23. The number of hydrogen-bond acceptors (Lipinski definition) is 4. The molecule has 0 spiro atoms. The highest BCUT2D eigenvalue weighted by molar-refractivity contribution is 14.1. The van der Waals surface area contributed by atoms with Crippen molar-refractivity contribution in [3.63, 3.8) is 0 Å². The largest absolute Gasteiger partial charge is 0.453 e. The molecule has 0 aromatic heterocycles. The van der Waals surface area contributed by atoms with E-state index in [1.54, 1.807) is 4.90 Å². The highest BCUT2D eigenvalue weighted by Gasteiger charge is 2.48. The number of ether oxygens (including phenoxy) is 2. The first-order chi connectivity index (χ1) is 17.2. The standard InChI is InChI=1S/C29H30INO4/c30-20-12-4-11-19-25-28(32)35-27(24-17-9-3-10-18-24)26(23-15-7-2-8-16-23)31(25)29(33)34-21-22-13-5-1-6-14-22/h1-3,5-10,13-18,25-27H,4,11-12,19-21H2/t25-,26-,27+/m0/s1. The van der Waals surface area contributed by atoms with Crippen LogP contribution < -0.4 is 0 Å². The number of amides is 1. The van der Waals surface area contributed by atoms with Crippen molar-refractivity contribution in [2.45, 2.75) is 50.5 Å². The fraction of sp³-hybridized carbons (Fsp3) is 0.310. The van der Waals surface area contributed by atoms with E-state index in [1.165, 1.54) is 0 Å². The maximum absolute atomic E-state index is 13.7. The van der Waals surface area contributed by atoms with E-state index in [9.17, 15) is 9.59 Å². The molecule has 6 heteroatoms. The van der Waals surface area contributed by atoms with Crippen LogP contribution in [0, 0.1) is 0 Å². The predicted octanol–water partition coefficient (Wildman–Crippen LogP) is 7.03. The van der Waals surface area contributed by atoms with Gasteiger partial charge >= 0.3 is 12.1 Å². The van der Waals surface area contributed by atoms with Gasteiger partial charge in [-0.25, -0.2) is 9.59 Å². The Bertz CT molecular complexity index is 1080. The van der Waals surface area contributed by atoms with Crippen LogP contribution in [0.5, 0.6) is 0 Å². The summed E-state index contributed by atoms with van der Waals surface area (Å²) >= 11 is 2.36. The summed E-state index contributed by atoms with van der Waals surface area (Å²) in [6.45, 7) is 0.143.